The quantitative estimate of drug-likeness (QED) is 0.633. The van der Waals surface area contributed by atoms with Gasteiger partial charge in [0.2, 0.25) is 0 Å². The van der Waals surface area contributed by atoms with Gasteiger partial charge in [0.25, 0.3) is 5.91 Å². The van der Waals surface area contributed by atoms with Crippen molar-refractivity contribution in [1.29, 1.82) is 0 Å². The Morgan fingerprint density at radius 2 is 1.81 bits per heavy atom. The van der Waals surface area contributed by atoms with Crippen LogP contribution in [0.5, 0.6) is 0 Å². The van der Waals surface area contributed by atoms with Crippen LogP contribution in [0.15, 0.2) is 24.3 Å². The van der Waals surface area contributed by atoms with E-state index in [0.29, 0.717) is 26.3 Å². The maximum atomic E-state index is 13.2. The minimum atomic E-state index is 0.0942. The Bertz CT molecular complexity index is 891. The minimum Gasteiger partial charge on any atom is -0.378 e. The van der Waals surface area contributed by atoms with E-state index in [0.717, 1.165) is 54.4 Å². The SMILES string of the molecule is CCCCCCc1ccc(C(=O)N2CCc3nc(C)nc(N4CCOCC4)c3C2)cc1. The van der Waals surface area contributed by atoms with E-state index in [4.69, 9.17) is 9.72 Å². The lowest BCUT2D eigenvalue weighted by Crippen LogP contribution is -2.41. The van der Waals surface area contributed by atoms with E-state index in [1.165, 1.54) is 31.2 Å². The number of unbranched alkanes of at least 4 members (excludes halogenated alkanes) is 3. The maximum Gasteiger partial charge on any atom is 0.254 e. The molecule has 6 nitrogen and oxygen atoms in total. The van der Waals surface area contributed by atoms with E-state index in [9.17, 15) is 4.79 Å². The fourth-order valence-corrected chi connectivity index (χ4v) is 4.48. The van der Waals surface area contributed by atoms with Crippen molar-refractivity contribution in [1.82, 2.24) is 14.9 Å². The molecule has 1 saturated heterocycles. The molecule has 0 bridgehead atoms. The summed E-state index contributed by atoms with van der Waals surface area (Å²) in [5.74, 6) is 1.87. The number of hydrogen-bond acceptors (Lipinski definition) is 5. The molecule has 4 rings (SSSR count). The second kappa shape index (κ2) is 10.2. The van der Waals surface area contributed by atoms with Gasteiger partial charge in [-0.3, -0.25) is 4.79 Å². The molecule has 0 atom stereocenters. The zero-order chi connectivity index (χ0) is 21.6. The minimum absolute atomic E-state index is 0.0942. The van der Waals surface area contributed by atoms with E-state index in [2.05, 4.69) is 28.9 Å². The standard InChI is InChI=1S/C25H34N4O2/c1-3-4-5-6-7-20-8-10-21(11-9-20)25(30)29-13-12-23-22(18-29)24(27-19(2)26-23)28-14-16-31-17-15-28/h8-11H,3-7,12-18H2,1-2H3. The van der Waals surface area contributed by atoms with Gasteiger partial charge < -0.3 is 14.5 Å². The van der Waals surface area contributed by atoms with Gasteiger partial charge in [0, 0.05) is 37.2 Å². The number of carbonyl (C=O) groups is 1. The Labute approximate surface area is 185 Å². The van der Waals surface area contributed by atoms with Crippen LogP contribution in [-0.4, -0.2) is 53.6 Å². The van der Waals surface area contributed by atoms with Crippen LogP contribution in [0.1, 0.15) is 65.6 Å². The maximum absolute atomic E-state index is 13.2. The van der Waals surface area contributed by atoms with Gasteiger partial charge in [-0.2, -0.15) is 0 Å². The molecule has 2 aromatic rings. The smallest absolute Gasteiger partial charge is 0.254 e. The number of morpholine rings is 1. The molecular formula is C25H34N4O2. The van der Waals surface area contributed by atoms with Gasteiger partial charge in [-0.25, -0.2) is 9.97 Å². The summed E-state index contributed by atoms with van der Waals surface area (Å²) in [6.07, 6.45) is 6.90. The van der Waals surface area contributed by atoms with Crippen molar-refractivity contribution in [3.05, 3.63) is 52.5 Å². The third-order valence-electron chi connectivity index (χ3n) is 6.27. The third kappa shape index (κ3) is 5.24. The zero-order valence-corrected chi connectivity index (χ0v) is 18.9. The van der Waals surface area contributed by atoms with E-state index < -0.39 is 0 Å². The number of carbonyl (C=O) groups excluding carboxylic acids is 1. The predicted molar refractivity (Wildman–Crippen MR) is 123 cm³/mol. The van der Waals surface area contributed by atoms with Crippen molar-refractivity contribution in [2.75, 3.05) is 37.7 Å². The average molecular weight is 423 g/mol. The van der Waals surface area contributed by atoms with Gasteiger partial charge in [-0.05, 0) is 37.5 Å². The highest BCUT2D eigenvalue weighted by molar-refractivity contribution is 5.94. The van der Waals surface area contributed by atoms with E-state index in [-0.39, 0.29) is 5.91 Å². The highest BCUT2D eigenvalue weighted by Crippen LogP contribution is 2.28. The Morgan fingerprint density at radius 3 is 2.55 bits per heavy atom. The lowest BCUT2D eigenvalue weighted by Gasteiger charge is -2.34. The number of ether oxygens (including phenoxy) is 1. The summed E-state index contributed by atoms with van der Waals surface area (Å²) in [6, 6.07) is 8.20. The van der Waals surface area contributed by atoms with Crippen LogP contribution in [-0.2, 0) is 24.1 Å². The fraction of sp³-hybridized carbons (Fsp3) is 0.560. The summed E-state index contributed by atoms with van der Waals surface area (Å²) < 4.78 is 5.51. The van der Waals surface area contributed by atoms with Crippen LogP contribution in [0.2, 0.25) is 0 Å². The third-order valence-corrected chi connectivity index (χ3v) is 6.27. The second-order valence-corrected chi connectivity index (χ2v) is 8.60. The van der Waals surface area contributed by atoms with Crippen molar-refractivity contribution in [3.63, 3.8) is 0 Å². The molecule has 3 heterocycles. The number of benzene rings is 1. The number of nitrogens with zero attached hydrogens (tertiary/aromatic N) is 4. The Hall–Kier alpha value is -2.47. The normalized spacial score (nSPS) is 16.3. The fourth-order valence-electron chi connectivity index (χ4n) is 4.48. The highest BCUT2D eigenvalue weighted by atomic mass is 16.5. The van der Waals surface area contributed by atoms with E-state index >= 15 is 0 Å². The number of hydrogen-bond donors (Lipinski definition) is 0. The number of anilines is 1. The summed E-state index contributed by atoms with van der Waals surface area (Å²) in [5, 5.41) is 0. The predicted octanol–water partition coefficient (Wildman–Crippen LogP) is 3.94. The summed E-state index contributed by atoms with van der Waals surface area (Å²) >= 11 is 0. The molecule has 0 unspecified atom stereocenters. The van der Waals surface area contributed by atoms with Gasteiger partial charge in [0.15, 0.2) is 0 Å². The summed E-state index contributed by atoms with van der Waals surface area (Å²) in [5.41, 5.74) is 4.26. The van der Waals surface area contributed by atoms with Gasteiger partial charge in [0.1, 0.15) is 11.6 Å². The molecule has 1 aromatic carbocycles. The van der Waals surface area contributed by atoms with Gasteiger partial charge in [-0.1, -0.05) is 38.3 Å². The molecule has 0 saturated carbocycles. The molecule has 1 amide bonds. The van der Waals surface area contributed by atoms with Crippen molar-refractivity contribution in [3.8, 4) is 0 Å². The first-order chi connectivity index (χ1) is 15.2. The van der Waals surface area contributed by atoms with Crippen LogP contribution in [0, 0.1) is 6.92 Å². The monoisotopic (exact) mass is 422 g/mol. The average Bonchev–Trinajstić information content (AvgIpc) is 2.81. The van der Waals surface area contributed by atoms with Gasteiger partial charge in [-0.15, -0.1) is 0 Å². The Morgan fingerprint density at radius 1 is 1.03 bits per heavy atom. The molecule has 0 aliphatic carbocycles. The topological polar surface area (TPSA) is 58.6 Å². The van der Waals surface area contributed by atoms with Crippen molar-refractivity contribution < 1.29 is 9.53 Å². The Balaban J connectivity index is 1.46. The van der Waals surface area contributed by atoms with Crippen LogP contribution >= 0.6 is 0 Å². The number of amides is 1. The second-order valence-electron chi connectivity index (χ2n) is 8.60. The lowest BCUT2D eigenvalue weighted by molar-refractivity contribution is 0.0733. The summed E-state index contributed by atoms with van der Waals surface area (Å²) in [6.45, 7) is 8.54. The molecule has 0 spiro atoms. The van der Waals surface area contributed by atoms with Crippen molar-refractivity contribution >= 4 is 11.7 Å². The van der Waals surface area contributed by atoms with Crippen molar-refractivity contribution in [2.45, 2.75) is 58.9 Å². The van der Waals surface area contributed by atoms with Gasteiger partial charge >= 0.3 is 0 Å². The molecule has 31 heavy (non-hydrogen) atoms. The molecule has 2 aliphatic heterocycles. The van der Waals surface area contributed by atoms with Crippen LogP contribution in [0.4, 0.5) is 5.82 Å². The number of aromatic nitrogens is 2. The molecule has 0 N–H and O–H groups in total. The van der Waals surface area contributed by atoms with E-state index in [1.54, 1.807) is 0 Å². The first kappa shape index (κ1) is 21.8. The largest absolute Gasteiger partial charge is 0.378 e. The molecule has 2 aliphatic rings. The molecule has 0 radical (unpaired) electrons. The van der Waals surface area contributed by atoms with Crippen LogP contribution in [0.3, 0.4) is 0 Å². The first-order valence-electron chi connectivity index (χ1n) is 11.7. The first-order valence-corrected chi connectivity index (χ1v) is 11.7. The van der Waals surface area contributed by atoms with Crippen LogP contribution < -0.4 is 4.90 Å². The zero-order valence-electron chi connectivity index (χ0n) is 18.9. The number of rotatable bonds is 7. The highest BCUT2D eigenvalue weighted by Gasteiger charge is 2.28. The molecule has 166 valence electrons. The van der Waals surface area contributed by atoms with Crippen molar-refractivity contribution in [2.24, 2.45) is 0 Å². The lowest BCUT2D eigenvalue weighted by atomic mass is 10.0. The summed E-state index contributed by atoms with van der Waals surface area (Å²) in [7, 11) is 0. The summed E-state index contributed by atoms with van der Waals surface area (Å²) in [4.78, 5) is 26.9. The number of aryl methyl sites for hydroxylation is 2. The van der Waals surface area contributed by atoms with Crippen LogP contribution in [0.25, 0.3) is 0 Å². The molecule has 6 heteroatoms. The number of fused-ring (bicyclic) bond motifs is 1. The van der Waals surface area contributed by atoms with Gasteiger partial charge in [0.05, 0.1) is 25.5 Å². The molecular weight excluding hydrogens is 388 g/mol. The van der Waals surface area contributed by atoms with E-state index in [1.807, 2.05) is 24.0 Å². The Kier molecular flexibility index (Phi) is 7.17. The molecule has 1 fully saturated rings. The molecule has 1 aromatic heterocycles.